The smallest absolute Gasteiger partial charge is 0.252 e. The number of amides is 3. The average molecular weight is 432 g/mol. The molecule has 0 spiro atoms. The fourth-order valence-corrected chi connectivity index (χ4v) is 3.68. The summed E-state index contributed by atoms with van der Waals surface area (Å²) in [6.07, 6.45) is 0.0451. The van der Waals surface area contributed by atoms with Gasteiger partial charge in [-0.2, -0.15) is 11.3 Å². The molecule has 0 aliphatic heterocycles. The molecule has 1 aromatic heterocycles. The molecule has 1 heterocycles. The zero-order chi connectivity index (χ0) is 18.9. The summed E-state index contributed by atoms with van der Waals surface area (Å²) in [7, 11) is 0. The van der Waals surface area contributed by atoms with E-state index in [1.807, 2.05) is 0 Å². The summed E-state index contributed by atoms with van der Waals surface area (Å²) >= 11 is 14.5. The van der Waals surface area contributed by atoms with Crippen molar-refractivity contribution in [1.29, 1.82) is 0 Å². The van der Waals surface area contributed by atoms with Crippen molar-refractivity contribution in [3.8, 4) is 0 Å². The van der Waals surface area contributed by atoms with Crippen LogP contribution in [0.1, 0.15) is 16.8 Å². The minimum Gasteiger partial charge on any atom is -0.351 e. The van der Waals surface area contributed by atoms with Gasteiger partial charge >= 0.3 is 0 Å². The third kappa shape index (κ3) is 6.87. The Hall–Kier alpha value is -1.74. The van der Waals surface area contributed by atoms with Gasteiger partial charge in [0.1, 0.15) is 0 Å². The van der Waals surface area contributed by atoms with Crippen LogP contribution in [0.2, 0.25) is 10.0 Å². The van der Waals surface area contributed by atoms with Gasteiger partial charge in [-0.05, 0) is 29.6 Å². The average Bonchev–Trinajstić information content (AvgIpc) is 3.15. The molecule has 0 atom stereocenters. The van der Waals surface area contributed by atoms with Crippen LogP contribution in [-0.2, 0) is 9.59 Å². The predicted molar refractivity (Wildman–Crippen MR) is 105 cm³/mol. The van der Waals surface area contributed by atoms with Crippen LogP contribution < -0.4 is 16.2 Å². The van der Waals surface area contributed by atoms with E-state index in [0.29, 0.717) is 20.5 Å². The fraction of sp³-hybridized carbons (Fsp3) is 0.188. The number of thioether (sulfide) groups is 1. The molecule has 0 radical (unpaired) electrons. The second kappa shape index (κ2) is 10.4. The molecule has 0 bridgehead atoms. The highest BCUT2D eigenvalue weighted by atomic mass is 35.5. The molecule has 6 nitrogen and oxygen atoms in total. The molecular weight excluding hydrogens is 417 g/mol. The third-order valence-electron chi connectivity index (χ3n) is 3.01. The molecule has 3 N–H and O–H groups in total. The number of nitrogens with one attached hydrogen (secondary N) is 3. The highest BCUT2D eigenvalue weighted by Crippen LogP contribution is 2.29. The molecule has 2 aromatic rings. The number of benzene rings is 1. The van der Waals surface area contributed by atoms with Crippen molar-refractivity contribution in [2.75, 3.05) is 12.3 Å². The fourth-order valence-electron chi connectivity index (χ4n) is 1.75. The van der Waals surface area contributed by atoms with Crippen LogP contribution in [0.15, 0.2) is 39.9 Å². The predicted octanol–water partition coefficient (Wildman–Crippen LogP) is 3.11. The van der Waals surface area contributed by atoms with Crippen LogP contribution in [0.5, 0.6) is 0 Å². The molecule has 2 rings (SSSR count). The maximum atomic E-state index is 11.8. The summed E-state index contributed by atoms with van der Waals surface area (Å²) in [6, 6.07) is 6.67. The zero-order valence-electron chi connectivity index (χ0n) is 13.4. The minimum absolute atomic E-state index is 0.0451. The molecule has 0 aliphatic rings. The van der Waals surface area contributed by atoms with Crippen molar-refractivity contribution >= 4 is 64.0 Å². The molecule has 1 aromatic carbocycles. The van der Waals surface area contributed by atoms with Crippen LogP contribution in [0.3, 0.4) is 0 Å². The molecule has 0 aliphatic carbocycles. The van der Waals surface area contributed by atoms with Crippen molar-refractivity contribution in [3.05, 3.63) is 50.6 Å². The second-order valence-electron chi connectivity index (χ2n) is 4.98. The number of thiophene rings is 1. The van der Waals surface area contributed by atoms with E-state index in [1.54, 1.807) is 35.0 Å². The lowest BCUT2D eigenvalue weighted by Crippen LogP contribution is -2.43. The van der Waals surface area contributed by atoms with Crippen LogP contribution in [0.25, 0.3) is 0 Å². The van der Waals surface area contributed by atoms with E-state index in [9.17, 15) is 14.4 Å². The molecule has 138 valence electrons. The van der Waals surface area contributed by atoms with Gasteiger partial charge in [0.2, 0.25) is 11.8 Å². The summed E-state index contributed by atoms with van der Waals surface area (Å²) < 4.78 is 0. The Kier molecular flexibility index (Phi) is 8.24. The van der Waals surface area contributed by atoms with Gasteiger partial charge in [0.25, 0.3) is 5.91 Å². The SMILES string of the molecule is O=C(CCNC(=O)c1ccsc1)NNC(=O)CSc1cc(Cl)ccc1Cl. The topological polar surface area (TPSA) is 87.3 Å². The Bertz CT molecular complexity index is 785. The molecule has 26 heavy (non-hydrogen) atoms. The normalized spacial score (nSPS) is 10.2. The van der Waals surface area contributed by atoms with Gasteiger partial charge < -0.3 is 5.32 Å². The van der Waals surface area contributed by atoms with Crippen LogP contribution in [0.4, 0.5) is 0 Å². The first-order valence-corrected chi connectivity index (χ1v) is 10.1. The number of hydrogen-bond acceptors (Lipinski definition) is 5. The summed E-state index contributed by atoms with van der Waals surface area (Å²) in [5, 5.41) is 7.16. The summed E-state index contributed by atoms with van der Waals surface area (Å²) in [5.74, 6) is -0.968. The number of halogens is 2. The second-order valence-corrected chi connectivity index (χ2v) is 7.62. The maximum Gasteiger partial charge on any atom is 0.252 e. The molecule has 10 heteroatoms. The Morgan fingerprint density at radius 2 is 1.85 bits per heavy atom. The van der Waals surface area contributed by atoms with E-state index < -0.39 is 5.91 Å². The molecule has 0 fully saturated rings. The Morgan fingerprint density at radius 3 is 2.58 bits per heavy atom. The van der Waals surface area contributed by atoms with Gasteiger partial charge in [-0.1, -0.05) is 23.2 Å². The first-order valence-electron chi connectivity index (χ1n) is 7.41. The largest absolute Gasteiger partial charge is 0.351 e. The lowest BCUT2D eigenvalue weighted by Gasteiger charge is -2.08. The molecular formula is C16H15Cl2N3O3S2. The number of hydrazine groups is 1. The quantitative estimate of drug-likeness (QED) is 0.464. The number of rotatable bonds is 7. The van der Waals surface area contributed by atoms with Gasteiger partial charge in [-0.3, -0.25) is 25.2 Å². The summed E-state index contributed by atoms with van der Waals surface area (Å²) in [5.41, 5.74) is 5.16. The lowest BCUT2D eigenvalue weighted by molar-refractivity contribution is -0.127. The highest BCUT2D eigenvalue weighted by molar-refractivity contribution is 8.00. The highest BCUT2D eigenvalue weighted by Gasteiger charge is 2.09. The van der Waals surface area contributed by atoms with Gasteiger partial charge in [-0.25, -0.2) is 0 Å². The van der Waals surface area contributed by atoms with Crippen LogP contribution in [0, 0.1) is 0 Å². The van der Waals surface area contributed by atoms with E-state index in [4.69, 9.17) is 23.2 Å². The van der Waals surface area contributed by atoms with E-state index in [0.717, 1.165) is 0 Å². The van der Waals surface area contributed by atoms with Crippen LogP contribution >= 0.6 is 46.3 Å². The number of carbonyl (C=O) groups excluding carboxylic acids is 3. The van der Waals surface area contributed by atoms with Gasteiger partial charge in [0.15, 0.2) is 0 Å². The van der Waals surface area contributed by atoms with E-state index >= 15 is 0 Å². The summed E-state index contributed by atoms with van der Waals surface area (Å²) in [4.78, 5) is 35.8. The standard InChI is InChI=1S/C16H15Cl2N3O3S2/c17-11-1-2-12(18)13(7-11)26-9-15(23)21-20-14(22)3-5-19-16(24)10-4-6-25-8-10/h1-2,4,6-8H,3,5,9H2,(H,19,24)(H,20,22)(H,21,23). The summed E-state index contributed by atoms with van der Waals surface area (Å²) in [6.45, 7) is 0.170. The van der Waals surface area contributed by atoms with Crippen molar-refractivity contribution in [2.24, 2.45) is 0 Å². The molecule has 0 saturated heterocycles. The first kappa shape index (κ1) is 20.6. The molecule has 0 saturated carbocycles. The number of carbonyl (C=O) groups is 3. The Balaban J connectivity index is 1.63. The van der Waals surface area contributed by atoms with Crippen molar-refractivity contribution in [2.45, 2.75) is 11.3 Å². The van der Waals surface area contributed by atoms with Crippen molar-refractivity contribution in [1.82, 2.24) is 16.2 Å². The van der Waals surface area contributed by atoms with E-state index in [2.05, 4.69) is 16.2 Å². The lowest BCUT2D eigenvalue weighted by atomic mass is 10.3. The van der Waals surface area contributed by atoms with Gasteiger partial charge in [0.05, 0.1) is 10.8 Å². The van der Waals surface area contributed by atoms with Gasteiger partial charge in [0, 0.05) is 33.8 Å². The Morgan fingerprint density at radius 1 is 1.08 bits per heavy atom. The van der Waals surface area contributed by atoms with Gasteiger partial charge in [-0.15, -0.1) is 11.8 Å². The van der Waals surface area contributed by atoms with E-state index in [-0.39, 0.29) is 30.5 Å². The Labute approximate surface area is 168 Å². The monoisotopic (exact) mass is 431 g/mol. The first-order chi connectivity index (χ1) is 12.5. The number of hydrogen-bond donors (Lipinski definition) is 3. The van der Waals surface area contributed by atoms with Crippen molar-refractivity contribution < 1.29 is 14.4 Å². The minimum atomic E-state index is -0.408. The van der Waals surface area contributed by atoms with Crippen molar-refractivity contribution in [3.63, 3.8) is 0 Å². The molecule has 0 unspecified atom stereocenters. The van der Waals surface area contributed by atoms with E-state index in [1.165, 1.54) is 23.1 Å². The third-order valence-corrected chi connectivity index (χ3v) is 5.43. The zero-order valence-corrected chi connectivity index (χ0v) is 16.5. The maximum absolute atomic E-state index is 11.8. The van der Waals surface area contributed by atoms with Crippen LogP contribution in [-0.4, -0.2) is 30.0 Å². The molecule has 3 amide bonds.